The van der Waals surface area contributed by atoms with E-state index in [4.69, 9.17) is 4.42 Å². The third kappa shape index (κ3) is 2.96. The minimum absolute atomic E-state index is 0. The summed E-state index contributed by atoms with van der Waals surface area (Å²) in [5.41, 5.74) is 2.12. The summed E-state index contributed by atoms with van der Waals surface area (Å²) >= 11 is 0. The molecular formula is C17H20ClNO3. The second-order valence-electron chi connectivity index (χ2n) is 5.62. The van der Waals surface area contributed by atoms with E-state index in [1.165, 1.54) is 0 Å². The number of hydrogen-bond acceptors (Lipinski definition) is 4. The third-order valence-electron chi connectivity index (χ3n) is 3.89. The molecule has 0 spiro atoms. The Labute approximate surface area is 135 Å². The van der Waals surface area contributed by atoms with Gasteiger partial charge in [0.2, 0.25) is 0 Å². The number of fused-ring (bicyclic) bond motifs is 3. The average molecular weight is 322 g/mol. The van der Waals surface area contributed by atoms with Crippen LogP contribution in [0.5, 0.6) is 0 Å². The van der Waals surface area contributed by atoms with E-state index in [1.807, 2.05) is 42.5 Å². The fourth-order valence-corrected chi connectivity index (χ4v) is 2.47. The maximum Gasteiger partial charge on any atom is 0.135 e. The molecule has 0 amide bonds. The Morgan fingerprint density at radius 2 is 1.68 bits per heavy atom. The van der Waals surface area contributed by atoms with Crippen LogP contribution in [0.1, 0.15) is 12.5 Å². The molecule has 0 aliphatic rings. The number of furan rings is 1. The van der Waals surface area contributed by atoms with Gasteiger partial charge in [0.15, 0.2) is 0 Å². The van der Waals surface area contributed by atoms with Crippen LogP contribution in [0.4, 0.5) is 0 Å². The largest absolute Gasteiger partial charge is 0.456 e. The summed E-state index contributed by atoms with van der Waals surface area (Å²) in [5, 5.41) is 24.1. The predicted octanol–water partition coefficient (Wildman–Crippen LogP) is 2.84. The van der Waals surface area contributed by atoms with Gasteiger partial charge in [-0.25, -0.2) is 0 Å². The van der Waals surface area contributed by atoms with Crippen molar-refractivity contribution in [3.63, 3.8) is 0 Å². The fraction of sp³-hybridized carbons (Fsp3) is 0.294. The minimum Gasteiger partial charge on any atom is -0.456 e. The molecule has 3 rings (SSSR count). The molecule has 2 aromatic carbocycles. The zero-order chi connectivity index (χ0) is 14.9. The van der Waals surface area contributed by atoms with Gasteiger partial charge in [-0.15, -0.1) is 12.4 Å². The maximum atomic E-state index is 9.37. The first kappa shape index (κ1) is 16.8. The fourth-order valence-electron chi connectivity index (χ4n) is 2.47. The van der Waals surface area contributed by atoms with Crippen molar-refractivity contribution < 1.29 is 14.6 Å². The molecule has 3 aromatic rings. The summed E-state index contributed by atoms with van der Waals surface area (Å²) < 4.78 is 5.85. The van der Waals surface area contributed by atoms with Crippen molar-refractivity contribution in [1.82, 2.24) is 5.32 Å². The minimum atomic E-state index is -0.693. The van der Waals surface area contributed by atoms with Crippen LogP contribution >= 0.6 is 12.4 Å². The Morgan fingerprint density at radius 1 is 1.00 bits per heavy atom. The zero-order valence-electron chi connectivity index (χ0n) is 12.4. The predicted molar refractivity (Wildman–Crippen MR) is 90.4 cm³/mol. The van der Waals surface area contributed by atoms with Crippen LogP contribution in [0, 0.1) is 0 Å². The van der Waals surface area contributed by atoms with E-state index < -0.39 is 5.54 Å². The van der Waals surface area contributed by atoms with Gasteiger partial charge in [-0.05, 0) is 24.6 Å². The first-order valence-corrected chi connectivity index (χ1v) is 7.03. The molecule has 0 atom stereocenters. The Morgan fingerprint density at radius 3 is 2.41 bits per heavy atom. The lowest BCUT2D eigenvalue weighted by Gasteiger charge is -2.26. The van der Waals surface area contributed by atoms with E-state index >= 15 is 0 Å². The monoisotopic (exact) mass is 321 g/mol. The molecule has 0 unspecified atom stereocenters. The van der Waals surface area contributed by atoms with Gasteiger partial charge in [0.25, 0.3) is 0 Å². The number of nitrogens with one attached hydrogen (secondary N) is 1. The van der Waals surface area contributed by atoms with Gasteiger partial charge in [-0.3, -0.25) is 0 Å². The number of aliphatic hydroxyl groups excluding tert-OH is 2. The van der Waals surface area contributed by atoms with Gasteiger partial charge in [-0.1, -0.05) is 30.3 Å². The van der Waals surface area contributed by atoms with Crippen molar-refractivity contribution in [2.45, 2.75) is 19.0 Å². The lowest BCUT2D eigenvalue weighted by Crippen LogP contribution is -2.48. The summed E-state index contributed by atoms with van der Waals surface area (Å²) in [4.78, 5) is 0. The molecule has 0 saturated carbocycles. The Bertz CT molecular complexity index is 765. The topological polar surface area (TPSA) is 65.6 Å². The number of hydrogen-bond donors (Lipinski definition) is 3. The standard InChI is InChI=1S/C17H19NO3.ClH/c1-17(10-19,11-20)18-9-12-5-4-8-15-16(12)13-6-2-3-7-14(13)21-15;/h2-8,18-20H,9-11H2,1H3;1H. The highest BCUT2D eigenvalue weighted by atomic mass is 35.5. The van der Waals surface area contributed by atoms with E-state index in [-0.39, 0.29) is 25.6 Å². The van der Waals surface area contributed by atoms with Crippen LogP contribution in [0.25, 0.3) is 21.9 Å². The van der Waals surface area contributed by atoms with Crippen molar-refractivity contribution in [2.75, 3.05) is 13.2 Å². The highest BCUT2D eigenvalue weighted by molar-refractivity contribution is 6.06. The van der Waals surface area contributed by atoms with Crippen molar-refractivity contribution >= 4 is 34.3 Å². The van der Waals surface area contributed by atoms with Gasteiger partial charge >= 0.3 is 0 Å². The zero-order valence-corrected chi connectivity index (χ0v) is 13.2. The summed E-state index contributed by atoms with van der Waals surface area (Å²) in [6, 6.07) is 13.9. The maximum absolute atomic E-state index is 9.37. The second kappa shape index (κ2) is 6.67. The lowest BCUT2D eigenvalue weighted by atomic mass is 10.0. The molecule has 118 valence electrons. The summed E-state index contributed by atoms with van der Waals surface area (Å²) in [7, 11) is 0. The second-order valence-corrected chi connectivity index (χ2v) is 5.62. The van der Waals surface area contributed by atoms with Gasteiger partial charge in [0.05, 0.1) is 18.8 Å². The Kier molecular flexibility index (Phi) is 5.08. The molecule has 3 N–H and O–H groups in total. The van der Waals surface area contributed by atoms with Gasteiger partial charge in [-0.2, -0.15) is 0 Å². The van der Waals surface area contributed by atoms with Gasteiger partial charge in [0, 0.05) is 17.3 Å². The Balaban J connectivity index is 0.00000176. The number of benzene rings is 2. The molecule has 1 aromatic heterocycles. The molecule has 22 heavy (non-hydrogen) atoms. The molecule has 0 aliphatic heterocycles. The number of aliphatic hydroxyl groups is 2. The van der Waals surface area contributed by atoms with Crippen molar-refractivity contribution in [3.8, 4) is 0 Å². The van der Waals surface area contributed by atoms with Crippen LogP contribution in [0.2, 0.25) is 0 Å². The average Bonchev–Trinajstić information content (AvgIpc) is 2.91. The number of para-hydroxylation sites is 1. The Hall–Kier alpha value is -1.59. The summed E-state index contributed by atoms with van der Waals surface area (Å²) in [6.07, 6.45) is 0. The SMILES string of the molecule is CC(CO)(CO)NCc1cccc2oc3ccccc3c12.Cl. The van der Waals surface area contributed by atoms with E-state index in [0.29, 0.717) is 6.54 Å². The first-order chi connectivity index (χ1) is 10.2. The number of halogens is 1. The quantitative estimate of drug-likeness (QED) is 0.676. The van der Waals surface area contributed by atoms with E-state index in [9.17, 15) is 10.2 Å². The van der Waals surface area contributed by atoms with Crippen LogP contribution in [-0.2, 0) is 6.54 Å². The van der Waals surface area contributed by atoms with Crippen LogP contribution in [0.15, 0.2) is 46.9 Å². The van der Waals surface area contributed by atoms with Gasteiger partial charge < -0.3 is 19.9 Å². The highest BCUT2D eigenvalue weighted by Crippen LogP contribution is 2.31. The van der Waals surface area contributed by atoms with E-state index in [2.05, 4.69) is 5.32 Å². The van der Waals surface area contributed by atoms with Gasteiger partial charge in [0.1, 0.15) is 11.2 Å². The molecule has 5 heteroatoms. The molecule has 0 fully saturated rings. The van der Waals surface area contributed by atoms with Crippen LogP contribution in [-0.4, -0.2) is 29.0 Å². The molecule has 0 saturated heterocycles. The smallest absolute Gasteiger partial charge is 0.135 e. The molecular weight excluding hydrogens is 302 g/mol. The van der Waals surface area contributed by atoms with Crippen molar-refractivity contribution in [3.05, 3.63) is 48.0 Å². The number of rotatable bonds is 5. The third-order valence-corrected chi connectivity index (χ3v) is 3.89. The molecule has 4 nitrogen and oxygen atoms in total. The van der Waals surface area contributed by atoms with Crippen molar-refractivity contribution in [2.24, 2.45) is 0 Å². The highest BCUT2D eigenvalue weighted by Gasteiger charge is 2.22. The lowest BCUT2D eigenvalue weighted by molar-refractivity contribution is 0.103. The van der Waals surface area contributed by atoms with Crippen molar-refractivity contribution in [1.29, 1.82) is 0 Å². The molecule has 0 radical (unpaired) electrons. The summed E-state index contributed by atoms with van der Waals surface area (Å²) in [6.45, 7) is 2.11. The van der Waals surface area contributed by atoms with E-state index in [0.717, 1.165) is 27.5 Å². The van der Waals surface area contributed by atoms with Crippen LogP contribution in [0.3, 0.4) is 0 Å². The normalized spacial score (nSPS) is 11.8. The van der Waals surface area contributed by atoms with E-state index in [1.54, 1.807) is 6.92 Å². The first-order valence-electron chi connectivity index (χ1n) is 7.03. The molecule has 1 heterocycles. The molecule has 0 aliphatic carbocycles. The molecule has 0 bridgehead atoms. The van der Waals surface area contributed by atoms with Crippen LogP contribution < -0.4 is 5.32 Å². The summed E-state index contributed by atoms with van der Waals surface area (Å²) in [5.74, 6) is 0.